The molecule has 0 amide bonds. The summed E-state index contributed by atoms with van der Waals surface area (Å²) in [5.41, 5.74) is 1.58. The van der Waals surface area contributed by atoms with Crippen LogP contribution in [0.1, 0.15) is 5.56 Å². The molecule has 0 aliphatic rings. The van der Waals surface area contributed by atoms with E-state index in [1.54, 1.807) is 24.4 Å². The van der Waals surface area contributed by atoms with Gasteiger partial charge in [0, 0.05) is 18.3 Å². The zero-order valence-electron chi connectivity index (χ0n) is 8.52. The Labute approximate surface area is 98.7 Å². The second-order valence-corrected chi connectivity index (χ2v) is 3.68. The summed E-state index contributed by atoms with van der Waals surface area (Å²) in [6, 6.07) is 10.8. The van der Waals surface area contributed by atoms with E-state index in [-0.39, 0.29) is 5.75 Å². The van der Waals surface area contributed by atoms with Gasteiger partial charge in [0.05, 0.1) is 5.69 Å². The van der Waals surface area contributed by atoms with Crippen LogP contribution >= 0.6 is 11.6 Å². The van der Waals surface area contributed by atoms with Crippen molar-refractivity contribution in [3.05, 3.63) is 53.3 Å². The molecule has 82 valence electrons. The van der Waals surface area contributed by atoms with Crippen LogP contribution in [0, 0.1) is 0 Å². The summed E-state index contributed by atoms with van der Waals surface area (Å²) in [6.45, 7) is 0.512. The minimum Gasteiger partial charge on any atom is -0.508 e. The zero-order chi connectivity index (χ0) is 11.4. The molecule has 0 atom stereocenters. The van der Waals surface area contributed by atoms with Crippen molar-refractivity contribution >= 4 is 17.3 Å². The van der Waals surface area contributed by atoms with Crippen molar-refractivity contribution in [2.75, 3.05) is 5.32 Å². The van der Waals surface area contributed by atoms with Crippen LogP contribution in [0.4, 0.5) is 5.69 Å². The van der Waals surface area contributed by atoms with E-state index in [2.05, 4.69) is 10.3 Å². The normalized spacial score (nSPS) is 10.1. The number of phenols is 1. The van der Waals surface area contributed by atoms with Gasteiger partial charge < -0.3 is 10.4 Å². The molecule has 2 rings (SSSR count). The first-order chi connectivity index (χ1) is 7.77. The fraction of sp³-hybridized carbons (Fsp3) is 0.0833. The number of halogens is 1. The maximum absolute atomic E-state index is 9.57. The molecule has 2 aromatic rings. The number of benzene rings is 1. The van der Waals surface area contributed by atoms with Crippen molar-refractivity contribution < 1.29 is 5.11 Å². The standard InChI is InChI=1S/C12H11ClN2O/c13-12-10(5-3-7-14-12)15-8-9-4-1-2-6-11(9)16/h1-7,15-16H,8H2. The lowest BCUT2D eigenvalue weighted by Crippen LogP contribution is -2.00. The van der Waals surface area contributed by atoms with Crippen molar-refractivity contribution in [2.24, 2.45) is 0 Å². The molecular formula is C12H11ClN2O. The van der Waals surface area contributed by atoms with Crippen molar-refractivity contribution in [1.29, 1.82) is 0 Å². The van der Waals surface area contributed by atoms with Crippen molar-refractivity contribution in [3.63, 3.8) is 0 Å². The molecule has 0 aliphatic carbocycles. The van der Waals surface area contributed by atoms with E-state index in [1.165, 1.54) is 0 Å². The van der Waals surface area contributed by atoms with Crippen LogP contribution in [-0.2, 0) is 6.54 Å². The van der Waals surface area contributed by atoms with Gasteiger partial charge in [-0.25, -0.2) is 4.98 Å². The first-order valence-electron chi connectivity index (χ1n) is 4.88. The second kappa shape index (κ2) is 4.86. The Balaban J connectivity index is 2.09. The molecule has 0 unspecified atom stereocenters. The quantitative estimate of drug-likeness (QED) is 0.803. The van der Waals surface area contributed by atoms with Gasteiger partial charge in [-0.1, -0.05) is 29.8 Å². The molecule has 3 nitrogen and oxygen atoms in total. The Hall–Kier alpha value is -1.74. The number of phenolic OH excluding ortho intramolecular Hbond substituents is 1. The average molecular weight is 235 g/mol. The van der Waals surface area contributed by atoms with Gasteiger partial charge in [-0.05, 0) is 18.2 Å². The topological polar surface area (TPSA) is 45.1 Å². The highest BCUT2D eigenvalue weighted by Gasteiger charge is 2.02. The van der Waals surface area contributed by atoms with Gasteiger partial charge in [0.2, 0.25) is 0 Å². The Morgan fingerprint density at radius 1 is 1.19 bits per heavy atom. The molecule has 0 saturated carbocycles. The Morgan fingerprint density at radius 3 is 2.75 bits per heavy atom. The smallest absolute Gasteiger partial charge is 0.152 e. The minimum atomic E-state index is 0.273. The molecule has 0 radical (unpaired) electrons. The number of aromatic nitrogens is 1. The number of hydrogen-bond donors (Lipinski definition) is 2. The Kier molecular flexibility index (Phi) is 3.27. The van der Waals surface area contributed by atoms with E-state index < -0.39 is 0 Å². The number of para-hydroxylation sites is 1. The third kappa shape index (κ3) is 2.44. The van der Waals surface area contributed by atoms with Crippen LogP contribution in [0.15, 0.2) is 42.6 Å². The first kappa shape index (κ1) is 10.8. The van der Waals surface area contributed by atoms with Gasteiger partial charge >= 0.3 is 0 Å². The van der Waals surface area contributed by atoms with E-state index >= 15 is 0 Å². The summed E-state index contributed by atoms with van der Waals surface area (Å²) in [5.74, 6) is 0.273. The van der Waals surface area contributed by atoms with Gasteiger partial charge in [0.1, 0.15) is 5.75 Å². The first-order valence-corrected chi connectivity index (χ1v) is 5.26. The van der Waals surface area contributed by atoms with Crippen LogP contribution in [0.5, 0.6) is 5.75 Å². The molecule has 16 heavy (non-hydrogen) atoms. The summed E-state index contributed by atoms with van der Waals surface area (Å²) in [5, 5.41) is 13.1. The maximum atomic E-state index is 9.57. The molecule has 0 spiro atoms. The highest BCUT2D eigenvalue weighted by atomic mass is 35.5. The highest BCUT2D eigenvalue weighted by Crippen LogP contribution is 2.21. The highest BCUT2D eigenvalue weighted by molar-refractivity contribution is 6.31. The van der Waals surface area contributed by atoms with Gasteiger partial charge in [0.15, 0.2) is 5.15 Å². The summed E-state index contributed by atoms with van der Waals surface area (Å²) >= 11 is 5.89. The lowest BCUT2D eigenvalue weighted by Gasteiger charge is -2.08. The lowest BCUT2D eigenvalue weighted by atomic mass is 10.2. The molecule has 0 saturated heterocycles. The van der Waals surface area contributed by atoms with E-state index in [0.29, 0.717) is 11.7 Å². The third-order valence-electron chi connectivity index (χ3n) is 2.22. The lowest BCUT2D eigenvalue weighted by molar-refractivity contribution is 0.469. The number of anilines is 1. The molecule has 1 aromatic heterocycles. The number of aromatic hydroxyl groups is 1. The third-order valence-corrected chi connectivity index (χ3v) is 2.52. The second-order valence-electron chi connectivity index (χ2n) is 3.32. The molecule has 1 aromatic carbocycles. The van der Waals surface area contributed by atoms with Crippen molar-refractivity contribution in [1.82, 2.24) is 4.98 Å². The fourth-order valence-corrected chi connectivity index (χ4v) is 1.55. The number of rotatable bonds is 3. The van der Waals surface area contributed by atoms with Crippen molar-refractivity contribution in [2.45, 2.75) is 6.54 Å². The predicted octanol–water partition coefficient (Wildman–Crippen LogP) is 3.05. The number of nitrogens with one attached hydrogen (secondary N) is 1. The molecular weight excluding hydrogens is 224 g/mol. The minimum absolute atomic E-state index is 0.273. The Morgan fingerprint density at radius 2 is 2.00 bits per heavy atom. The maximum Gasteiger partial charge on any atom is 0.152 e. The zero-order valence-corrected chi connectivity index (χ0v) is 9.28. The van der Waals surface area contributed by atoms with Gasteiger partial charge in [0.25, 0.3) is 0 Å². The van der Waals surface area contributed by atoms with E-state index in [9.17, 15) is 5.11 Å². The van der Waals surface area contributed by atoms with E-state index in [4.69, 9.17) is 11.6 Å². The van der Waals surface area contributed by atoms with Gasteiger partial charge in [-0.3, -0.25) is 0 Å². The Bertz CT molecular complexity index is 442. The monoisotopic (exact) mass is 234 g/mol. The van der Waals surface area contributed by atoms with E-state index in [1.807, 2.05) is 18.2 Å². The SMILES string of the molecule is Oc1ccccc1CNc1cccnc1Cl. The van der Waals surface area contributed by atoms with E-state index in [0.717, 1.165) is 11.3 Å². The molecule has 0 aliphatic heterocycles. The van der Waals surface area contributed by atoms with Crippen LogP contribution in [0.3, 0.4) is 0 Å². The van der Waals surface area contributed by atoms with Gasteiger partial charge in [-0.15, -0.1) is 0 Å². The van der Waals surface area contributed by atoms with Crippen LogP contribution in [-0.4, -0.2) is 10.1 Å². The summed E-state index contributed by atoms with van der Waals surface area (Å²) in [4.78, 5) is 3.95. The molecule has 1 heterocycles. The summed E-state index contributed by atoms with van der Waals surface area (Å²) in [6.07, 6.45) is 1.63. The van der Waals surface area contributed by atoms with Crippen LogP contribution in [0.2, 0.25) is 5.15 Å². The molecule has 4 heteroatoms. The number of nitrogens with zero attached hydrogens (tertiary/aromatic N) is 1. The molecule has 0 bridgehead atoms. The number of pyridine rings is 1. The van der Waals surface area contributed by atoms with Gasteiger partial charge in [-0.2, -0.15) is 0 Å². The molecule has 2 N–H and O–H groups in total. The largest absolute Gasteiger partial charge is 0.508 e. The number of hydrogen-bond acceptors (Lipinski definition) is 3. The predicted molar refractivity (Wildman–Crippen MR) is 64.7 cm³/mol. The average Bonchev–Trinajstić information content (AvgIpc) is 2.30. The summed E-state index contributed by atoms with van der Waals surface area (Å²) in [7, 11) is 0. The summed E-state index contributed by atoms with van der Waals surface area (Å²) < 4.78 is 0. The van der Waals surface area contributed by atoms with Crippen molar-refractivity contribution in [3.8, 4) is 5.75 Å². The molecule has 0 fully saturated rings. The van der Waals surface area contributed by atoms with Crippen LogP contribution in [0.25, 0.3) is 0 Å². The fourth-order valence-electron chi connectivity index (χ4n) is 1.37. The van der Waals surface area contributed by atoms with Crippen LogP contribution < -0.4 is 5.32 Å².